The average molecular weight is 267 g/mol. The fourth-order valence-electron chi connectivity index (χ4n) is 2.73. The maximum absolute atomic E-state index is 12.2. The van der Waals surface area contributed by atoms with Crippen LogP contribution in [0, 0.1) is 6.92 Å². The summed E-state index contributed by atoms with van der Waals surface area (Å²) in [5, 5.41) is -0.160. The van der Waals surface area contributed by atoms with Crippen LogP contribution in [0.15, 0.2) is 24.3 Å². The molecule has 1 unspecified atom stereocenters. The maximum Gasteiger partial charge on any atom is 0.155 e. The van der Waals surface area contributed by atoms with Crippen molar-refractivity contribution in [2.24, 2.45) is 5.73 Å². The molecule has 0 saturated heterocycles. The molecule has 0 bridgehead atoms. The van der Waals surface area contributed by atoms with Crippen LogP contribution in [0.5, 0.6) is 0 Å². The molecule has 0 radical (unpaired) electrons. The highest BCUT2D eigenvalue weighted by molar-refractivity contribution is 7.92. The standard InChI is InChI=1S/C14H21NO2S/c1-11-6-2-5-9-13(11)14(15)10-18(16,17)12-7-3-4-8-12/h2,5-6,9,12,14H,3-4,7-8,10,15H2,1H3. The van der Waals surface area contributed by atoms with E-state index < -0.39 is 15.9 Å². The zero-order valence-corrected chi connectivity index (χ0v) is 11.6. The molecule has 1 aromatic rings. The molecule has 1 aromatic carbocycles. The van der Waals surface area contributed by atoms with Crippen LogP contribution >= 0.6 is 0 Å². The Hall–Kier alpha value is -0.870. The Kier molecular flexibility index (Phi) is 4.07. The van der Waals surface area contributed by atoms with E-state index >= 15 is 0 Å². The second-order valence-electron chi connectivity index (χ2n) is 5.20. The molecule has 0 spiro atoms. The third-order valence-corrected chi connectivity index (χ3v) is 6.12. The van der Waals surface area contributed by atoms with Gasteiger partial charge in [-0.3, -0.25) is 0 Å². The zero-order chi connectivity index (χ0) is 13.2. The summed E-state index contributed by atoms with van der Waals surface area (Å²) in [5.41, 5.74) is 8.08. The monoisotopic (exact) mass is 267 g/mol. The van der Waals surface area contributed by atoms with E-state index in [1.165, 1.54) is 0 Å². The summed E-state index contributed by atoms with van der Waals surface area (Å²) in [7, 11) is -3.05. The van der Waals surface area contributed by atoms with Crippen LogP contribution in [0.2, 0.25) is 0 Å². The minimum absolute atomic E-state index is 0.0719. The molecule has 1 atom stereocenters. The number of sulfone groups is 1. The van der Waals surface area contributed by atoms with E-state index in [0.29, 0.717) is 0 Å². The van der Waals surface area contributed by atoms with Crippen molar-refractivity contribution >= 4 is 9.84 Å². The lowest BCUT2D eigenvalue weighted by molar-refractivity contribution is 0.572. The van der Waals surface area contributed by atoms with Crippen molar-refractivity contribution in [1.82, 2.24) is 0 Å². The van der Waals surface area contributed by atoms with Crippen LogP contribution in [0.1, 0.15) is 42.9 Å². The average Bonchev–Trinajstić information content (AvgIpc) is 2.82. The molecule has 1 aliphatic carbocycles. The normalized spacial score (nSPS) is 19.0. The third-order valence-electron chi connectivity index (χ3n) is 3.81. The number of hydrogen-bond donors (Lipinski definition) is 1. The summed E-state index contributed by atoms with van der Waals surface area (Å²) in [6, 6.07) is 7.33. The van der Waals surface area contributed by atoms with Gasteiger partial charge in [0, 0.05) is 6.04 Å². The maximum atomic E-state index is 12.2. The van der Waals surface area contributed by atoms with E-state index in [1.54, 1.807) is 0 Å². The summed E-state index contributed by atoms with van der Waals surface area (Å²) in [6.07, 6.45) is 3.68. The fraction of sp³-hybridized carbons (Fsp3) is 0.571. The summed E-state index contributed by atoms with van der Waals surface area (Å²) in [6.45, 7) is 1.97. The lowest BCUT2D eigenvalue weighted by Crippen LogP contribution is -2.29. The van der Waals surface area contributed by atoms with E-state index in [1.807, 2.05) is 31.2 Å². The van der Waals surface area contributed by atoms with Gasteiger partial charge in [0.15, 0.2) is 9.84 Å². The van der Waals surface area contributed by atoms with E-state index in [4.69, 9.17) is 5.73 Å². The second kappa shape index (κ2) is 5.41. The minimum Gasteiger partial charge on any atom is -0.323 e. The molecule has 0 heterocycles. The van der Waals surface area contributed by atoms with Gasteiger partial charge < -0.3 is 5.73 Å². The molecule has 3 nitrogen and oxygen atoms in total. The minimum atomic E-state index is -3.05. The predicted molar refractivity (Wildman–Crippen MR) is 74.2 cm³/mol. The molecule has 2 rings (SSSR count). The fourth-order valence-corrected chi connectivity index (χ4v) is 4.73. The molecule has 2 N–H and O–H groups in total. The molecule has 100 valence electrons. The first-order valence-corrected chi connectivity index (χ1v) is 8.25. The van der Waals surface area contributed by atoms with Gasteiger partial charge in [0.25, 0.3) is 0 Å². The Morgan fingerprint density at radius 1 is 1.28 bits per heavy atom. The molecule has 0 amide bonds. The number of aryl methyl sites for hydroxylation is 1. The number of nitrogens with two attached hydrogens (primary N) is 1. The van der Waals surface area contributed by atoms with Crippen molar-refractivity contribution in [3.05, 3.63) is 35.4 Å². The van der Waals surface area contributed by atoms with E-state index in [2.05, 4.69) is 0 Å². The Morgan fingerprint density at radius 3 is 2.50 bits per heavy atom. The Bertz CT molecular complexity index is 504. The van der Waals surface area contributed by atoms with Gasteiger partial charge in [0.05, 0.1) is 11.0 Å². The predicted octanol–water partition coefficient (Wildman–Crippen LogP) is 2.35. The van der Waals surface area contributed by atoms with Gasteiger partial charge in [-0.25, -0.2) is 8.42 Å². The lowest BCUT2D eigenvalue weighted by atomic mass is 10.0. The van der Waals surface area contributed by atoms with Crippen molar-refractivity contribution < 1.29 is 8.42 Å². The molecule has 0 aromatic heterocycles. The SMILES string of the molecule is Cc1ccccc1C(N)CS(=O)(=O)C1CCCC1. The van der Waals surface area contributed by atoms with Crippen LogP contribution < -0.4 is 5.73 Å². The quantitative estimate of drug-likeness (QED) is 0.911. The Labute approximate surface area is 109 Å². The highest BCUT2D eigenvalue weighted by Gasteiger charge is 2.30. The summed E-state index contributed by atoms with van der Waals surface area (Å²) < 4.78 is 24.5. The van der Waals surface area contributed by atoms with Crippen LogP contribution in [-0.2, 0) is 9.84 Å². The summed E-state index contributed by atoms with van der Waals surface area (Å²) >= 11 is 0. The van der Waals surface area contributed by atoms with E-state index in [9.17, 15) is 8.42 Å². The van der Waals surface area contributed by atoms with Crippen molar-refractivity contribution in [2.75, 3.05) is 5.75 Å². The molecule has 1 fully saturated rings. The largest absolute Gasteiger partial charge is 0.323 e. The molecule has 1 saturated carbocycles. The van der Waals surface area contributed by atoms with Crippen molar-refractivity contribution in [3.63, 3.8) is 0 Å². The van der Waals surface area contributed by atoms with Crippen LogP contribution in [0.25, 0.3) is 0 Å². The van der Waals surface area contributed by atoms with Crippen LogP contribution in [-0.4, -0.2) is 19.4 Å². The summed E-state index contributed by atoms with van der Waals surface area (Å²) in [4.78, 5) is 0. The molecular weight excluding hydrogens is 246 g/mol. The van der Waals surface area contributed by atoms with Crippen LogP contribution in [0.3, 0.4) is 0 Å². The first kappa shape index (κ1) is 13.6. The van der Waals surface area contributed by atoms with Gasteiger partial charge >= 0.3 is 0 Å². The summed E-state index contributed by atoms with van der Waals surface area (Å²) in [5.74, 6) is 0.0719. The van der Waals surface area contributed by atoms with Gasteiger partial charge in [-0.15, -0.1) is 0 Å². The molecule has 18 heavy (non-hydrogen) atoms. The van der Waals surface area contributed by atoms with Gasteiger partial charge in [0.2, 0.25) is 0 Å². The first-order valence-electron chi connectivity index (χ1n) is 6.53. The molecule has 4 heteroatoms. The first-order chi connectivity index (χ1) is 8.50. The van der Waals surface area contributed by atoms with Gasteiger partial charge in [-0.2, -0.15) is 0 Å². The molecule has 0 aliphatic heterocycles. The van der Waals surface area contributed by atoms with Gasteiger partial charge in [-0.05, 0) is 30.9 Å². The Morgan fingerprint density at radius 2 is 1.89 bits per heavy atom. The third kappa shape index (κ3) is 2.93. The van der Waals surface area contributed by atoms with Crippen molar-refractivity contribution in [1.29, 1.82) is 0 Å². The van der Waals surface area contributed by atoms with E-state index in [-0.39, 0.29) is 11.0 Å². The smallest absolute Gasteiger partial charge is 0.155 e. The van der Waals surface area contributed by atoms with Gasteiger partial charge in [0.1, 0.15) is 0 Å². The topological polar surface area (TPSA) is 60.2 Å². The number of rotatable bonds is 4. The van der Waals surface area contributed by atoms with Gasteiger partial charge in [-0.1, -0.05) is 37.1 Å². The Balaban J connectivity index is 2.11. The van der Waals surface area contributed by atoms with E-state index in [0.717, 1.165) is 36.8 Å². The molecular formula is C14H21NO2S. The second-order valence-corrected chi connectivity index (χ2v) is 7.52. The number of hydrogen-bond acceptors (Lipinski definition) is 3. The highest BCUT2D eigenvalue weighted by atomic mass is 32.2. The lowest BCUT2D eigenvalue weighted by Gasteiger charge is -2.17. The number of benzene rings is 1. The van der Waals surface area contributed by atoms with Crippen LogP contribution in [0.4, 0.5) is 0 Å². The molecule has 1 aliphatic rings. The van der Waals surface area contributed by atoms with Crippen molar-refractivity contribution in [3.8, 4) is 0 Å². The van der Waals surface area contributed by atoms with Crippen molar-refractivity contribution in [2.45, 2.75) is 43.9 Å². The highest BCUT2D eigenvalue weighted by Crippen LogP contribution is 2.27. The zero-order valence-electron chi connectivity index (χ0n) is 10.8.